The Labute approximate surface area is 138 Å². The Morgan fingerprint density at radius 1 is 1.04 bits per heavy atom. The van der Waals surface area contributed by atoms with Crippen LogP contribution in [0.3, 0.4) is 0 Å². The fourth-order valence-electron chi connectivity index (χ4n) is 1.99. The lowest BCUT2D eigenvalue weighted by atomic mass is 10.2. The first kappa shape index (κ1) is 18.0. The minimum absolute atomic E-state index is 0.0377. The fraction of sp³-hybridized carbons (Fsp3) is 0.188. The van der Waals surface area contributed by atoms with E-state index in [1.165, 1.54) is 24.3 Å². The highest BCUT2D eigenvalue weighted by Crippen LogP contribution is 2.20. The third-order valence-corrected chi connectivity index (χ3v) is 4.65. The zero-order valence-electron chi connectivity index (χ0n) is 13.0. The number of halogens is 2. The molecule has 2 N–H and O–H groups in total. The van der Waals surface area contributed by atoms with Crippen molar-refractivity contribution in [2.75, 3.05) is 5.32 Å². The summed E-state index contributed by atoms with van der Waals surface area (Å²) in [7, 11) is -3.78. The van der Waals surface area contributed by atoms with Crippen LogP contribution in [0.4, 0.5) is 14.5 Å². The van der Waals surface area contributed by atoms with Crippen molar-refractivity contribution in [3.63, 3.8) is 0 Å². The number of carbonyl (C=O) groups is 1. The van der Waals surface area contributed by atoms with Gasteiger partial charge in [0.25, 0.3) is 5.91 Å². The maximum atomic E-state index is 13.6. The maximum absolute atomic E-state index is 13.6. The Morgan fingerprint density at radius 2 is 1.62 bits per heavy atom. The molecule has 0 atom stereocenters. The van der Waals surface area contributed by atoms with Gasteiger partial charge in [-0.1, -0.05) is 12.1 Å². The standard InChI is InChI=1S/C16H16F2N2O3S/c1-10(2)20-24(22,23)12-6-3-5-11(9-12)16(21)19-15-13(17)7-4-8-14(15)18/h3-10,20H,1-2H3,(H,19,21). The second-order valence-electron chi connectivity index (χ2n) is 5.35. The Kier molecular flexibility index (Phi) is 5.30. The van der Waals surface area contributed by atoms with E-state index in [0.717, 1.165) is 18.2 Å². The molecule has 0 fully saturated rings. The normalized spacial score (nSPS) is 11.5. The van der Waals surface area contributed by atoms with E-state index in [0.29, 0.717) is 0 Å². The number of hydrogen-bond donors (Lipinski definition) is 2. The van der Waals surface area contributed by atoms with Crippen molar-refractivity contribution < 1.29 is 22.0 Å². The second kappa shape index (κ2) is 7.06. The predicted octanol–water partition coefficient (Wildman–Crippen LogP) is 2.90. The molecule has 5 nitrogen and oxygen atoms in total. The Morgan fingerprint density at radius 3 is 2.21 bits per heavy atom. The van der Waals surface area contributed by atoms with Crippen molar-refractivity contribution in [3.05, 3.63) is 59.7 Å². The van der Waals surface area contributed by atoms with Gasteiger partial charge in [0.2, 0.25) is 10.0 Å². The summed E-state index contributed by atoms with van der Waals surface area (Å²) in [5.41, 5.74) is -0.625. The lowest BCUT2D eigenvalue weighted by molar-refractivity contribution is 0.102. The highest BCUT2D eigenvalue weighted by atomic mass is 32.2. The van der Waals surface area contributed by atoms with Crippen molar-refractivity contribution in [1.82, 2.24) is 4.72 Å². The first-order valence-corrected chi connectivity index (χ1v) is 8.57. The Balaban J connectivity index is 2.30. The summed E-state index contributed by atoms with van der Waals surface area (Å²) in [5.74, 6) is -2.66. The lowest BCUT2D eigenvalue weighted by Gasteiger charge is -2.11. The fourth-order valence-corrected chi connectivity index (χ4v) is 3.28. The van der Waals surface area contributed by atoms with Crippen LogP contribution in [-0.2, 0) is 10.0 Å². The largest absolute Gasteiger partial charge is 0.317 e. The second-order valence-corrected chi connectivity index (χ2v) is 7.07. The number of para-hydroxylation sites is 1. The van der Waals surface area contributed by atoms with Crippen LogP contribution < -0.4 is 10.0 Å². The van der Waals surface area contributed by atoms with E-state index in [2.05, 4.69) is 10.0 Å². The van der Waals surface area contributed by atoms with Gasteiger partial charge in [0, 0.05) is 11.6 Å². The van der Waals surface area contributed by atoms with E-state index >= 15 is 0 Å². The highest BCUT2D eigenvalue weighted by molar-refractivity contribution is 7.89. The van der Waals surface area contributed by atoms with Gasteiger partial charge in [0.1, 0.15) is 17.3 Å². The molecule has 2 aromatic carbocycles. The lowest BCUT2D eigenvalue weighted by Crippen LogP contribution is -2.30. The molecule has 0 saturated carbocycles. The van der Waals surface area contributed by atoms with Crippen LogP contribution in [0.15, 0.2) is 47.4 Å². The third-order valence-electron chi connectivity index (χ3n) is 3.00. The average molecular weight is 354 g/mol. The van der Waals surface area contributed by atoms with E-state index in [-0.39, 0.29) is 16.5 Å². The molecule has 0 aliphatic carbocycles. The summed E-state index contributed by atoms with van der Waals surface area (Å²) < 4.78 is 53.8. The van der Waals surface area contributed by atoms with Crippen LogP contribution in [0, 0.1) is 11.6 Å². The first-order valence-electron chi connectivity index (χ1n) is 7.08. The summed E-state index contributed by atoms with van der Waals surface area (Å²) >= 11 is 0. The summed E-state index contributed by atoms with van der Waals surface area (Å²) in [5, 5.41) is 2.11. The van der Waals surface area contributed by atoms with E-state index < -0.39 is 33.3 Å². The van der Waals surface area contributed by atoms with Crippen molar-refractivity contribution in [2.45, 2.75) is 24.8 Å². The minimum atomic E-state index is -3.78. The molecule has 0 radical (unpaired) electrons. The first-order chi connectivity index (χ1) is 11.2. The molecule has 2 aromatic rings. The molecule has 1 amide bonds. The van der Waals surface area contributed by atoms with Crippen LogP contribution in [0.2, 0.25) is 0 Å². The van der Waals surface area contributed by atoms with Crippen molar-refractivity contribution >= 4 is 21.6 Å². The zero-order valence-corrected chi connectivity index (χ0v) is 13.8. The van der Waals surface area contributed by atoms with Crippen LogP contribution in [0.25, 0.3) is 0 Å². The highest BCUT2D eigenvalue weighted by Gasteiger charge is 2.18. The number of rotatable bonds is 5. The molecule has 0 spiro atoms. The maximum Gasteiger partial charge on any atom is 0.255 e. The molecular weight excluding hydrogens is 338 g/mol. The van der Waals surface area contributed by atoms with Crippen molar-refractivity contribution in [3.8, 4) is 0 Å². The molecule has 0 saturated heterocycles. The van der Waals surface area contributed by atoms with E-state index in [1.807, 2.05) is 0 Å². The minimum Gasteiger partial charge on any atom is -0.317 e. The van der Waals surface area contributed by atoms with Gasteiger partial charge >= 0.3 is 0 Å². The molecule has 0 heterocycles. The molecule has 0 aromatic heterocycles. The van der Waals surface area contributed by atoms with Crippen LogP contribution in [0.1, 0.15) is 24.2 Å². The molecular formula is C16H16F2N2O3S. The quantitative estimate of drug-likeness (QED) is 0.867. The Bertz CT molecular complexity index is 847. The third kappa shape index (κ3) is 4.15. The monoisotopic (exact) mass is 354 g/mol. The summed E-state index contributed by atoms with van der Waals surface area (Å²) in [4.78, 5) is 12.0. The summed E-state index contributed by atoms with van der Waals surface area (Å²) in [6.45, 7) is 3.32. The van der Waals surface area contributed by atoms with Gasteiger partial charge < -0.3 is 5.32 Å². The van der Waals surface area contributed by atoms with Crippen LogP contribution in [-0.4, -0.2) is 20.4 Å². The SMILES string of the molecule is CC(C)NS(=O)(=O)c1cccc(C(=O)Nc2c(F)cccc2F)c1. The molecule has 8 heteroatoms. The molecule has 0 aliphatic heterocycles. The summed E-state index contributed by atoms with van der Waals surface area (Å²) in [6.07, 6.45) is 0. The van der Waals surface area contributed by atoms with Gasteiger partial charge in [-0.25, -0.2) is 21.9 Å². The molecule has 128 valence electrons. The van der Waals surface area contributed by atoms with Crippen molar-refractivity contribution in [1.29, 1.82) is 0 Å². The number of hydrogen-bond acceptors (Lipinski definition) is 3. The number of benzene rings is 2. The van der Waals surface area contributed by atoms with Crippen LogP contribution >= 0.6 is 0 Å². The number of carbonyl (C=O) groups excluding carboxylic acids is 1. The van der Waals surface area contributed by atoms with Gasteiger partial charge in [-0.2, -0.15) is 0 Å². The number of amides is 1. The smallest absolute Gasteiger partial charge is 0.255 e. The van der Waals surface area contributed by atoms with E-state index in [4.69, 9.17) is 0 Å². The van der Waals surface area contributed by atoms with Gasteiger partial charge in [0.05, 0.1) is 4.90 Å². The van der Waals surface area contributed by atoms with Gasteiger partial charge in [-0.15, -0.1) is 0 Å². The average Bonchev–Trinajstić information content (AvgIpc) is 2.50. The van der Waals surface area contributed by atoms with E-state index in [1.54, 1.807) is 13.8 Å². The summed E-state index contributed by atoms with van der Waals surface area (Å²) in [6, 6.07) is 8.05. The van der Waals surface area contributed by atoms with Gasteiger partial charge in [-0.3, -0.25) is 4.79 Å². The zero-order chi connectivity index (χ0) is 17.9. The number of anilines is 1. The molecule has 0 unspecified atom stereocenters. The molecule has 2 rings (SSSR count). The van der Waals surface area contributed by atoms with Gasteiger partial charge in [-0.05, 0) is 44.2 Å². The van der Waals surface area contributed by atoms with Crippen LogP contribution in [0.5, 0.6) is 0 Å². The number of sulfonamides is 1. The molecule has 24 heavy (non-hydrogen) atoms. The van der Waals surface area contributed by atoms with Gasteiger partial charge in [0.15, 0.2) is 0 Å². The molecule has 0 bridgehead atoms. The topological polar surface area (TPSA) is 75.3 Å². The van der Waals surface area contributed by atoms with Crippen molar-refractivity contribution in [2.24, 2.45) is 0 Å². The van der Waals surface area contributed by atoms with E-state index in [9.17, 15) is 22.0 Å². The predicted molar refractivity (Wildman–Crippen MR) is 86.2 cm³/mol. The Hall–Kier alpha value is -2.32. The number of nitrogens with one attached hydrogen (secondary N) is 2. The molecule has 0 aliphatic rings.